The summed E-state index contributed by atoms with van der Waals surface area (Å²) in [4.78, 5) is 10.3. The molecule has 4 rings (SSSR count). The summed E-state index contributed by atoms with van der Waals surface area (Å²) in [5.41, 5.74) is 3.30. The Morgan fingerprint density at radius 2 is 1.88 bits per heavy atom. The molecule has 0 atom stereocenters. The third-order valence-corrected chi connectivity index (χ3v) is 4.28. The van der Waals surface area contributed by atoms with Gasteiger partial charge in [0.05, 0.1) is 21.5 Å². The molecule has 0 fully saturated rings. The lowest BCUT2D eigenvalue weighted by molar-refractivity contribution is -0.384. The number of nitro benzene ring substituents is 1. The van der Waals surface area contributed by atoms with Gasteiger partial charge >= 0.3 is 0 Å². The number of hydrogen-bond acceptors (Lipinski definition) is 4. The molecule has 0 aliphatic heterocycles. The average molecular weight is 343 g/mol. The maximum Gasteiger partial charge on any atom is 0.269 e. The maximum atomic E-state index is 10.7. The summed E-state index contributed by atoms with van der Waals surface area (Å²) < 4.78 is 7.79. The second kappa shape index (κ2) is 6.22. The molecule has 0 saturated carbocycles. The smallest absolute Gasteiger partial charge is 0.269 e. The van der Waals surface area contributed by atoms with Crippen molar-refractivity contribution in [1.29, 1.82) is 5.26 Å². The van der Waals surface area contributed by atoms with Crippen LogP contribution in [0.5, 0.6) is 5.75 Å². The van der Waals surface area contributed by atoms with Gasteiger partial charge in [0.25, 0.3) is 5.69 Å². The molecule has 0 bridgehead atoms. The molecule has 6 heteroatoms. The summed E-state index contributed by atoms with van der Waals surface area (Å²) in [5, 5.41) is 21.0. The quantitative estimate of drug-likeness (QED) is 0.405. The monoisotopic (exact) mass is 343 g/mol. The van der Waals surface area contributed by atoms with Gasteiger partial charge in [0.15, 0.2) is 0 Å². The highest BCUT2D eigenvalue weighted by Crippen LogP contribution is 2.29. The second-order valence-corrected chi connectivity index (χ2v) is 5.83. The van der Waals surface area contributed by atoms with Gasteiger partial charge in [0.1, 0.15) is 18.4 Å². The Kier molecular flexibility index (Phi) is 3.75. The lowest BCUT2D eigenvalue weighted by Gasteiger charge is -2.07. The van der Waals surface area contributed by atoms with Crippen molar-refractivity contribution in [3.05, 3.63) is 88.1 Å². The molecule has 0 radical (unpaired) electrons. The van der Waals surface area contributed by atoms with E-state index in [9.17, 15) is 15.4 Å². The normalized spacial score (nSPS) is 10.7. The van der Waals surface area contributed by atoms with Crippen molar-refractivity contribution < 1.29 is 9.66 Å². The first kappa shape index (κ1) is 15.7. The average Bonchev–Trinajstić information content (AvgIpc) is 2.99. The van der Waals surface area contributed by atoms with Crippen LogP contribution in [0.15, 0.2) is 66.9 Å². The molecule has 0 unspecified atom stereocenters. The lowest BCUT2D eigenvalue weighted by Crippen LogP contribution is -1.96. The van der Waals surface area contributed by atoms with Crippen molar-refractivity contribution in [1.82, 2.24) is 4.40 Å². The van der Waals surface area contributed by atoms with Crippen molar-refractivity contribution in [3.63, 3.8) is 0 Å². The summed E-state index contributed by atoms with van der Waals surface area (Å²) in [7, 11) is 0. The molecule has 126 valence electrons. The van der Waals surface area contributed by atoms with E-state index >= 15 is 0 Å². The highest BCUT2D eigenvalue weighted by Gasteiger charge is 2.12. The first-order chi connectivity index (χ1) is 12.7. The number of fused-ring (bicyclic) bond motifs is 3. The Labute approximate surface area is 148 Å². The number of non-ortho nitro benzene ring substituents is 1. The number of benzene rings is 2. The van der Waals surface area contributed by atoms with Gasteiger partial charge in [-0.1, -0.05) is 6.07 Å². The van der Waals surface area contributed by atoms with Crippen LogP contribution in [0.4, 0.5) is 5.69 Å². The van der Waals surface area contributed by atoms with Gasteiger partial charge in [-0.3, -0.25) is 10.1 Å². The summed E-state index contributed by atoms with van der Waals surface area (Å²) in [6.07, 6.45) is 1.92. The fraction of sp³-hybridized carbons (Fsp3) is 0.0500. The molecule has 0 aliphatic carbocycles. The van der Waals surface area contributed by atoms with Crippen molar-refractivity contribution in [2.75, 3.05) is 0 Å². The van der Waals surface area contributed by atoms with Crippen LogP contribution < -0.4 is 4.74 Å². The van der Waals surface area contributed by atoms with Crippen LogP contribution >= 0.6 is 0 Å². The van der Waals surface area contributed by atoms with Crippen LogP contribution in [0.2, 0.25) is 0 Å². The molecule has 26 heavy (non-hydrogen) atoms. The van der Waals surface area contributed by atoms with E-state index < -0.39 is 4.92 Å². The van der Waals surface area contributed by atoms with E-state index in [1.165, 1.54) is 12.1 Å². The number of rotatable bonds is 4. The molecule has 0 aliphatic rings. The summed E-state index contributed by atoms with van der Waals surface area (Å²) in [6.45, 7) is 0.303. The number of nitrogens with zero attached hydrogens (tertiary/aromatic N) is 3. The van der Waals surface area contributed by atoms with Crippen LogP contribution in [0, 0.1) is 21.4 Å². The van der Waals surface area contributed by atoms with Crippen LogP contribution in [0.1, 0.15) is 11.1 Å². The zero-order valence-corrected chi connectivity index (χ0v) is 13.6. The third kappa shape index (κ3) is 2.62. The Morgan fingerprint density at radius 1 is 1.08 bits per heavy atom. The van der Waals surface area contributed by atoms with Crippen molar-refractivity contribution in [3.8, 4) is 11.8 Å². The Bertz CT molecular complexity index is 1170. The molecule has 2 aromatic carbocycles. The van der Waals surface area contributed by atoms with Crippen molar-refractivity contribution >= 4 is 22.1 Å². The Balaban J connectivity index is 1.64. The van der Waals surface area contributed by atoms with Gasteiger partial charge in [0.2, 0.25) is 0 Å². The second-order valence-electron chi connectivity index (χ2n) is 5.83. The summed E-state index contributed by atoms with van der Waals surface area (Å²) in [6, 6.07) is 19.9. The Morgan fingerprint density at radius 3 is 2.62 bits per heavy atom. The molecule has 0 N–H and O–H groups in total. The predicted octanol–water partition coefficient (Wildman–Crippen LogP) is 4.45. The van der Waals surface area contributed by atoms with Crippen LogP contribution in [-0.2, 0) is 6.61 Å². The zero-order chi connectivity index (χ0) is 18.1. The van der Waals surface area contributed by atoms with Gasteiger partial charge in [-0.05, 0) is 42.0 Å². The zero-order valence-electron chi connectivity index (χ0n) is 13.6. The van der Waals surface area contributed by atoms with E-state index in [0.29, 0.717) is 17.9 Å². The maximum absolute atomic E-state index is 10.7. The molecule has 0 amide bonds. The van der Waals surface area contributed by atoms with E-state index in [4.69, 9.17) is 4.74 Å². The SMILES string of the molecule is N#Cc1c2ccc(OCc3ccc([N+](=O)[O-])cc3)cc2n2ccccc12. The number of ether oxygens (including phenoxy) is 1. The highest BCUT2D eigenvalue weighted by atomic mass is 16.6. The van der Waals surface area contributed by atoms with Gasteiger partial charge in [0, 0.05) is 29.8 Å². The van der Waals surface area contributed by atoms with Crippen molar-refractivity contribution in [2.45, 2.75) is 6.61 Å². The Hall–Kier alpha value is -3.85. The number of hydrogen-bond donors (Lipinski definition) is 0. The minimum absolute atomic E-state index is 0.0545. The molecular weight excluding hydrogens is 330 g/mol. The fourth-order valence-corrected chi connectivity index (χ4v) is 3.00. The van der Waals surface area contributed by atoms with Crippen LogP contribution in [-0.4, -0.2) is 9.32 Å². The highest BCUT2D eigenvalue weighted by molar-refractivity contribution is 5.95. The first-order valence-corrected chi connectivity index (χ1v) is 7.96. The number of nitro groups is 1. The topological polar surface area (TPSA) is 80.6 Å². The third-order valence-electron chi connectivity index (χ3n) is 4.28. The predicted molar refractivity (Wildman–Crippen MR) is 97.0 cm³/mol. The van der Waals surface area contributed by atoms with Gasteiger partial charge in [-0.15, -0.1) is 0 Å². The van der Waals surface area contributed by atoms with E-state index in [1.807, 2.05) is 47.0 Å². The molecule has 2 heterocycles. The number of aromatic nitrogens is 1. The minimum Gasteiger partial charge on any atom is -0.489 e. The van der Waals surface area contributed by atoms with Crippen LogP contribution in [0.25, 0.3) is 16.4 Å². The van der Waals surface area contributed by atoms with Gasteiger partial charge in [-0.2, -0.15) is 5.26 Å². The van der Waals surface area contributed by atoms with E-state index in [0.717, 1.165) is 22.0 Å². The molecule has 6 nitrogen and oxygen atoms in total. The van der Waals surface area contributed by atoms with Gasteiger partial charge < -0.3 is 9.14 Å². The van der Waals surface area contributed by atoms with Gasteiger partial charge in [-0.25, -0.2) is 0 Å². The largest absolute Gasteiger partial charge is 0.489 e. The number of nitriles is 1. The van der Waals surface area contributed by atoms with E-state index in [-0.39, 0.29) is 5.69 Å². The summed E-state index contributed by atoms with van der Waals surface area (Å²) >= 11 is 0. The van der Waals surface area contributed by atoms with Crippen molar-refractivity contribution in [2.24, 2.45) is 0 Å². The molecule has 0 spiro atoms. The number of pyridine rings is 1. The van der Waals surface area contributed by atoms with Crippen LogP contribution in [0.3, 0.4) is 0 Å². The minimum atomic E-state index is -0.427. The summed E-state index contributed by atoms with van der Waals surface area (Å²) in [5.74, 6) is 0.670. The molecule has 0 saturated heterocycles. The fourth-order valence-electron chi connectivity index (χ4n) is 3.00. The van der Waals surface area contributed by atoms with E-state index in [2.05, 4.69) is 6.07 Å². The molecular formula is C20H13N3O3. The molecule has 2 aromatic heterocycles. The van der Waals surface area contributed by atoms with E-state index in [1.54, 1.807) is 12.1 Å². The first-order valence-electron chi connectivity index (χ1n) is 7.96. The molecule has 4 aromatic rings. The lowest BCUT2D eigenvalue weighted by atomic mass is 10.1. The standard InChI is InChI=1S/C20H13N3O3/c21-12-18-17-9-8-16(11-20(17)22-10-2-1-3-19(18)22)26-13-14-4-6-15(7-5-14)23(24)25/h1-11H,13H2.